The highest BCUT2D eigenvalue weighted by molar-refractivity contribution is 7.00. The first kappa shape index (κ1) is 31.4. The molecular weight excluding hydrogens is 675 g/mol. The Balaban J connectivity index is 1.07. The molecule has 0 saturated heterocycles. The van der Waals surface area contributed by atoms with Gasteiger partial charge in [0.1, 0.15) is 0 Å². The minimum Gasteiger partial charge on any atom is -0.311 e. The lowest BCUT2D eigenvalue weighted by atomic mass is 9.33. The molecule has 0 unspecified atom stereocenters. The number of hydrogen-bond acceptors (Lipinski definition) is 2. The van der Waals surface area contributed by atoms with Gasteiger partial charge in [-0.25, -0.2) is 0 Å². The Kier molecular flexibility index (Phi) is 6.39. The van der Waals surface area contributed by atoms with Gasteiger partial charge in [-0.1, -0.05) is 141 Å². The second kappa shape index (κ2) is 11.4. The summed E-state index contributed by atoms with van der Waals surface area (Å²) >= 11 is 0. The number of para-hydroxylation sites is 2. The maximum absolute atomic E-state index is 2.66. The van der Waals surface area contributed by atoms with E-state index in [1.54, 1.807) is 11.1 Å². The molecule has 2 nitrogen and oxygen atoms in total. The average Bonchev–Trinajstić information content (AvgIpc) is 3.94. The number of rotatable bonds is 2. The van der Waals surface area contributed by atoms with Gasteiger partial charge in [0.05, 0.1) is 0 Å². The third kappa shape index (κ3) is 3.89. The molecule has 3 heteroatoms. The Morgan fingerprint density at radius 3 is 1.79 bits per heavy atom. The molecule has 2 fully saturated rings. The van der Waals surface area contributed by atoms with E-state index in [0.29, 0.717) is 0 Å². The summed E-state index contributed by atoms with van der Waals surface area (Å²) < 4.78 is 0. The fraction of sp³-hybridized carbons (Fsp3) is 0.208. The molecule has 6 aliphatic rings. The standard InChI is InChI=1S/C53H43BN2/c1-3-16-35(17-4-1)56-48-25-15-24-47-50(48)54(45-29-28-40-38-19-6-8-21-42(38)53(32-13-14-33-53)49(40)51(45)56)44-22-9-10-23-46(44)55(47)36-26-27-39-37-18-5-7-20-41(37)52(43(39)34-36)30-11-2-12-31-52/h1,3-10,15-29,34H,2,11-14,30-33H2. The van der Waals surface area contributed by atoms with Gasteiger partial charge >= 0.3 is 0 Å². The van der Waals surface area contributed by atoms with Crippen LogP contribution < -0.4 is 26.2 Å². The third-order valence-electron chi connectivity index (χ3n) is 15.0. The smallest absolute Gasteiger partial charge is 0.252 e. The molecule has 4 aliphatic carbocycles. The molecule has 2 saturated carbocycles. The molecule has 268 valence electrons. The van der Waals surface area contributed by atoms with Crippen LogP contribution in [-0.2, 0) is 10.8 Å². The quantitative estimate of drug-likeness (QED) is 0.164. The van der Waals surface area contributed by atoms with Gasteiger partial charge in [0.25, 0.3) is 6.71 Å². The van der Waals surface area contributed by atoms with Gasteiger partial charge in [-0.3, -0.25) is 0 Å². The van der Waals surface area contributed by atoms with E-state index in [2.05, 4.69) is 161 Å². The number of benzene rings is 7. The van der Waals surface area contributed by atoms with E-state index < -0.39 is 0 Å². The summed E-state index contributed by atoms with van der Waals surface area (Å²) in [4.78, 5) is 5.28. The molecule has 2 heterocycles. The van der Waals surface area contributed by atoms with E-state index in [1.807, 2.05) is 0 Å². The maximum atomic E-state index is 2.66. The molecule has 7 aromatic rings. The molecule has 0 amide bonds. The molecule has 7 aromatic carbocycles. The average molecular weight is 719 g/mol. The monoisotopic (exact) mass is 718 g/mol. The topological polar surface area (TPSA) is 6.48 Å². The van der Waals surface area contributed by atoms with Gasteiger partial charge in [-0.2, -0.15) is 0 Å². The lowest BCUT2D eigenvalue weighted by Crippen LogP contribution is -2.61. The van der Waals surface area contributed by atoms with E-state index in [9.17, 15) is 0 Å². The maximum Gasteiger partial charge on any atom is 0.252 e. The minimum atomic E-state index is 0.0384. The van der Waals surface area contributed by atoms with Crippen LogP contribution in [0.4, 0.5) is 34.1 Å². The van der Waals surface area contributed by atoms with Crippen molar-refractivity contribution in [3.05, 3.63) is 174 Å². The lowest BCUT2D eigenvalue weighted by molar-refractivity contribution is 0.353. The van der Waals surface area contributed by atoms with Crippen LogP contribution in [0.1, 0.15) is 80.0 Å². The predicted octanol–water partition coefficient (Wildman–Crippen LogP) is 11.8. The van der Waals surface area contributed by atoms with Crippen molar-refractivity contribution in [1.29, 1.82) is 0 Å². The van der Waals surface area contributed by atoms with E-state index in [0.717, 1.165) is 0 Å². The highest BCUT2D eigenvalue weighted by Gasteiger charge is 2.52. The Labute approximate surface area is 330 Å². The summed E-state index contributed by atoms with van der Waals surface area (Å²) in [6, 6.07) is 58.8. The SMILES string of the molecule is c1ccc(N2c3cccc4c3B(c3ccccc3N4c3ccc4c(c3)C3(CCCCC3)c3ccccc3-4)c3ccc4c(c32)C2(CCCC2)c2ccccc2-4)cc1. The number of nitrogens with zero attached hydrogens (tertiary/aromatic N) is 2. The Hall–Kier alpha value is -5.80. The fourth-order valence-electron chi connectivity index (χ4n) is 12.8. The van der Waals surface area contributed by atoms with Crippen molar-refractivity contribution in [3.8, 4) is 22.3 Å². The molecule has 2 aliphatic heterocycles. The zero-order valence-electron chi connectivity index (χ0n) is 31.8. The normalized spacial score (nSPS) is 18.2. The lowest BCUT2D eigenvalue weighted by Gasteiger charge is -2.46. The molecule has 0 atom stereocenters. The first-order valence-corrected chi connectivity index (χ1v) is 21.2. The summed E-state index contributed by atoms with van der Waals surface area (Å²) in [5, 5.41) is 0. The second-order valence-corrected chi connectivity index (χ2v) is 17.4. The van der Waals surface area contributed by atoms with Crippen LogP contribution in [0, 0.1) is 0 Å². The summed E-state index contributed by atoms with van der Waals surface area (Å²) in [5.41, 5.74) is 24.1. The van der Waals surface area contributed by atoms with Gasteiger partial charge in [-0.05, 0) is 129 Å². The van der Waals surface area contributed by atoms with Gasteiger partial charge in [0, 0.05) is 45.0 Å². The van der Waals surface area contributed by atoms with E-state index >= 15 is 0 Å². The summed E-state index contributed by atoms with van der Waals surface area (Å²) in [5.74, 6) is 0. The highest BCUT2D eigenvalue weighted by atomic mass is 15.2. The molecule has 56 heavy (non-hydrogen) atoms. The zero-order valence-corrected chi connectivity index (χ0v) is 31.8. The number of hydrogen-bond donors (Lipinski definition) is 0. The van der Waals surface area contributed by atoms with Crippen molar-refractivity contribution < 1.29 is 0 Å². The first-order valence-electron chi connectivity index (χ1n) is 21.2. The van der Waals surface area contributed by atoms with E-state index in [1.165, 1.54) is 142 Å². The van der Waals surface area contributed by atoms with Crippen molar-refractivity contribution in [2.75, 3.05) is 9.80 Å². The van der Waals surface area contributed by atoms with Crippen molar-refractivity contribution >= 4 is 57.2 Å². The van der Waals surface area contributed by atoms with Crippen LogP contribution in [0.2, 0.25) is 0 Å². The van der Waals surface area contributed by atoms with Crippen molar-refractivity contribution in [2.45, 2.75) is 68.6 Å². The highest BCUT2D eigenvalue weighted by Crippen LogP contribution is 2.61. The van der Waals surface area contributed by atoms with Crippen LogP contribution in [-0.4, -0.2) is 6.71 Å². The fourth-order valence-corrected chi connectivity index (χ4v) is 12.8. The van der Waals surface area contributed by atoms with Crippen molar-refractivity contribution in [3.63, 3.8) is 0 Å². The number of fused-ring (bicyclic) bond motifs is 15. The van der Waals surface area contributed by atoms with Crippen molar-refractivity contribution in [2.24, 2.45) is 0 Å². The van der Waals surface area contributed by atoms with Gasteiger partial charge in [0.15, 0.2) is 0 Å². The van der Waals surface area contributed by atoms with Crippen LogP contribution >= 0.6 is 0 Å². The third-order valence-corrected chi connectivity index (χ3v) is 15.0. The minimum absolute atomic E-state index is 0.0384. The number of anilines is 6. The molecule has 0 bridgehead atoms. The summed E-state index contributed by atoms with van der Waals surface area (Å²) in [7, 11) is 0. The zero-order chi connectivity index (χ0) is 36.6. The first-order chi connectivity index (χ1) is 27.8. The van der Waals surface area contributed by atoms with Crippen LogP contribution in [0.15, 0.2) is 152 Å². The van der Waals surface area contributed by atoms with Crippen LogP contribution in [0.3, 0.4) is 0 Å². The van der Waals surface area contributed by atoms with Crippen LogP contribution in [0.5, 0.6) is 0 Å². The Morgan fingerprint density at radius 2 is 0.982 bits per heavy atom. The summed E-state index contributed by atoms with van der Waals surface area (Å²) in [6.07, 6.45) is 11.4. The largest absolute Gasteiger partial charge is 0.311 e. The van der Waals surface area contributed by atoms with Crippen LogP contribution in [0.25, 0.3) is 22.3 Å². The molecule has 13 rings (SSSR count). The molecule has 0 radical (unpaired) electrons. The predicted molar refractivity (Wildman–Crippen MR) is 234 cm³/mol. The van der Waals surface area contributed by atoms with Gasteiger partial charge in [-0.15, -0.1) is 0 Å². The molecular formula is C53H43BN2. The van der Waals surface area contributed by atoms with Crippen molar-refractivity contribution in [1.82, 2.24) is 0 Å². The van der Waals surface area contributed by atoms with E-state index in [-0.39, 0.29) is 17.5 Å². The Morgan fingerprint density at radius 1 is 0.393 bits per heavy atom. The van der Waals surface area contributed by atoms with Gasteiger partial charge in [0.2, 0.25) is 0 Å². The molecule has 0 N–H and O–H groups in total. The summed E-state index contributed by atoms with van der Waals surface area (Å²) in [6.45, 7) is 0.124. The molecule has 0 aromatic heterocycles. The molecule has 2 spiro atoms. The van der Waals surface area contributed by atoms with E-state index in [4.69, 9.17) is 0 Å². The second-order valence-electron chi connectivity index (χ2n) is 17.4. The van der Waals surface area contributed by atoms with Gasteiger partial charge < -0.3 is 9.80 Å². The Bertz CT molecular complexity index is 2770.